The number of carbonyl (C=O) groups is 2. The second-order valence-electron chi connectivity index (χ2n) is 10.2. The Hall–Kier alpha value is -2.96. The minimum Gasteiger partial charge on any atom is -0.503 e. The molecular formula is C31H30Cl2N4O4S3. The average molecular weight is 690 g/mol. The number of thiazole rings is 1. The van der Waals surface area contributed by atoms with Gasteiger partial charge in [-0.25, -0.2) is 4.98 Å². The number of unbranched alkanes of at least 4 members (excludes halogenated alkanes) is 3. The number of aromatic nitrogens is 3. The predicted octanol–water partition coefficient (Wildman–Crippen LogP) is 8.95. The van der Waals surface area contributed by atoms with Gasteiger partial charge in [0.2, 0.25) is 10.9 Å². The number of halogens is 2. The fraction of sp³-hybridized carbons (Fsp3) is 0.323. The summed E-state index contributed by atoms with van der Waals surface area (Å²) < 4.78 is 6.51. The highest BCUT2D eigenvalue weighted by molar-refractivity contribution is 8.00. The maximum absolute atomic E-state index is 13.9. The van der Waals surface area contributed by atoms with Crippen molar-refractivity contribution in [1.82, 2.24) is 15.2 Å². The number of thioether (sulfide) groups is 1. The lowest BCUT2D eigenvalue weighted by Crippen LogP contribution is -2.31. The lowest BCUT2D eigenvalue weighted by atomic mass is 9.95. The number of hydrogen-bond donors (Lipinski definition) is 1. The Morgan fingerprint density at radius 1 is 1.07 bits per heavy atom. The molecule has 44 heavy (non-hydrogen) atoms. The molecule has 1 unspecified atom stereocenters. The Morgan fingerprint density at radius 3 is 2.52 bits per heavy atom. The van der Waals surface area contributed by atoms with E-state index in [2.05, 4.69) is 22.1 Å². The minimum atomic E-state index is -0.924. The summed E-state index contributed by atoms with van der Waals surface area (Å²) in [5.41, 5.74) is 2.03. The fourth-order valence-electron chi connectivity index (χ4n) is 4.82. The number of ketones is 1. The van der Waals surface area contributed by atoms with Crippen LogP contribution in [-0.2, 0) is 10.5 Å². The van der Waals surface area contributed by atoms with E-state index in [0.29, 0.717) is 48.6 Å². The first kappa shape index (κ1) is 32.4. The smallest absolute Gasteiger partial charge is 0.296 e. The molecule has 0 saturated heterocycles. The maximum atomic E-state index is 13.9. The minimum absolute atomic E-state index is 0.0210. The average Bonchev–Trinajstić information content (AvgIpc) is 3.68. The molecule has 2 aromatic carbocycles. The maximum Gasteiger partial charge on any atom is 0.296 e. The van der Waals surface area contributed by atoms with Crippen LogP contribution in [0.4, 0.5) is 5.13 Å². The Balaban J connectivity index is 1.44. The van der Waals surface area contributed by atoms with Gasteiger partial charge < -0.3 is 9.84 Å². The molecule has 230 valence electrons. The van der Waals surface area contributed by atoms with E-state index in [1.54, 1.807) is 19.1 Å². The second kappa shape index (κ2) is 14.4. The van der Waals surface area contributed by atoms with E-state index in [9.17, 15) is 14.7 Å². The van der Waals surface area contributed by atoms with Gasteiger partial charge >= 0.3 is 0 Å². The van der Waals surface area contributed by atoms with Crippen molar-refractivity contribution in [2.45, 2.75) is 62.6 Å². The van der Waals surface area contributed by atoms with E-state index >= 15 is 0 Å². The molecule has 0 saturated carbocycles. The van der Waals surface area contributed by atoms with Crippen LogP contribution < -0.4 is 9.64 Å². The van der Waals surface area contributed by atoms with Gasteiger partial charge in [-0.05, 0) is 55.7 Å². The number of hydrogen-bond acceptors (Lipinski definition) is 10. The quantitative estimate of drug-likeness (QED) is 0.0642. The van der Waals surface area contributed by atoms with Crippen LogP contribution in [0, 0.1) is 13.8 Å². The van der Waals surface area contributed by atoms with Crippen LogP contribution in [0.15, 0.2) is 58.1 Å². The highest BCUT2D eigenvalue weighted by Gasteiger charge is 2.46. The monoisotopic (exact) mass is 688 g/mol. The zero-order valence-corrected chi connectivity index (χ0v) is 28.3. The molecule has 1 aliphatic heterocycles. The Labute approximate surface area is 278 Å². The van der Waals surface area contributed by atoms with Crippen molar-refractivity contribution in [1.29, 1.82) is 0 Å². The van der Waals surface area contributed by atoms with E-state index < -0.39 is 23.5 Å². The van der Waals surface area contributed by atoms with Crippen LogP contribution in [0.3, 0.4) is 0 Å². The van der Waals surface area contributed by atoms with Gasteiger partial charge in [-0.1, -0.05) is 90.7 Å². The largest absolute Gasteiger partial charge is 0.503 e. The molecule has 4 aromatic rings. The lowest BCUT2D eigenvalue weighted by molar-refractivity contribution is -0.117. The number of Topliss-reactive ketones (excluding diaryl/α,β-unsaturated/α-hetero) is 1. The first-order chi connectivity index (χ1) is 21.2. The molecule has 1 N–H and O–H groups in total. The Bertz CT molecular complexity index is 1700. The standard InChI is InChI=1S/C31H30Cl2N4O4S3/c1-4-5-6-7-14-41-22-12-9-19(10-13-22)25-24(26(38)28-17(2)34-18(3)43-28)27(39)29(40)37(25)30-35-36-31(44-30)42-16-20-8-11-21(32)15-23(20)33/h8-13,15,25,39H,4-7,14,16H2,1-3H3. The molecular weight excluding hydrogens is 659 g/mol. The van der Waals surface area contributed by atoms with Crippen molar-refractivity contribution >= 4 is 74.5 Å². The summed E-state index contributed by atoms with van der Waals surface area (Å²) in [5.74, 6) is -0.578. The van der Waals surface area contributed by atoms with E-state index in [4.69, 9.17) is 27.9 Å². The highest BCUT2D eigenvalue weighted by atomic mass is 35.5. The van der Waals surface area contributed by atoms with E-state index in [-0.39, 0.29) is 10.7 Å². The van der Waals surface area contributed by atoms with Crippen LogP contribution in [0.5, 0.6) is 5.75 Å². The Morgan fingerprint density at radius 2 is 1.84 bits per heavy atom. The highest BCUT2D eigenvalue weighted by Crippen LogP contribution is 2.45. The molecule has 5 rings (SSSR count). The molecule has 0 fully saturated rings. The third kappa shape index (κ3) is 7.13. The molecule has 0 spiro atoms. The normalized spacial score (nSPS) is 15.0. The van der Waals surface area contributed by atoms with Gasteiger partial charge in [0.05, 0.1) is 33.8 Å². The molecule has 3 heterocycles. The summed E-state index contributed by atoms with van der Waals surface area (Å²) in [6.07, 6.45) is 4.39. The van der Waals surface area contributed by atoms with Crippen LogP contribution >= 0.6 is 57.6 Å². The Kier molecular flexibility index (Phi) is 10.6. The third-order valence-electron chi connectivity index (χ3n) is 6.99. The van der Waals surface area contributed by atoms with E-state index in [1.165, 1.54) is 45.8 Å². The summed E-state index contributed by atoms with van der Waals surface area (Å²) in [7, 11) is 0. The number of nitrogens with zero attached hydrogens (tertiary/aromatic N) is 4. The number of aliphatic hydroxyl groups excluding tert-OH is 1. The van der Waals surface area contributed by atoms with Crippen molar-refractivity contribution in [2.24, 2.45) is 0 Å². The zero-order valence-electron chi connectivity index (χ0n) is 24.3. The molecule has 0 aliphatic carbocycles. The molecule has 1 aliphatic rings. The molecule has 0 bridgehead atoms. The zero-order chi connectivity index (χ0) is 31.4. The van der Waals surface area contributed by atoms with Gasteiger partial charge in [-0.15, -0.1) is 21.5 Å². The summed E-state index contributed by atoms with van der Waals surface area (Å²) in [4.78, 5) is 33.6. The number of benzene rings is 2. The predicted molar refractivity (Wildman–Crippen MR) is 178 cm³/mol. The molecule has 1 atom stereocenters. The van der Waals surface area contributed by atoms with Crippen LogP contribution in [0.1, 0.15) is 70.1 Å². The fourth-order valence-corrected chi connectivity index (χ4v) is 8.12. The van der Waals surface area contributed by atoms with Crippen molar-refractivity contribution < 1.29 is 19.4 Å². The molecule has 1 amide bonds. The van der Waals surface area contributed by atoms with Crippen molar-refractivity contribution in [3.63, 3.8) is 0 Å². The van der Waals surface area contributed by atoms with Crippen molar-refractivity contribution in [2.75, 3.05) is 11.5 Å². The number of anilines is 1. The van der Waals surface area contributed by atoms with Gasteiger partial charge in [0, 0.05) is 15.8 Å². The van der Waals surface area contributed by atoms with Crippen LogP contribution in [-0.4, -0.2) is 38.6 Å². The first-order valence-corrected chi connectivity index (χ1v) is 17.4. The number of amides is 1. The van der Waals surface area contributed by atoms with Crippen molar-refractivity contribution in [3.8, 4) is 5.75 Å². The number of aliphatic hydroxyl groups is 1. The van der Waals surface area contributed by atoms with Gasteiger partial charge in [-0.2, -0.15) is 0 Å². The molecule has 13 heteroatoms. The topological polar surface area (TPSA) is 106 Å². The van der Waals surface area contributed by atoms with E-state index in [1.807, 2.05) is 37.3 Å². The lowest BCUT2D eigenvalue weighted by Gasteiger charge is -2.24. The van der Waals surface area contributed by atoms with Gasteiger partial charge in [0.15, 0.2) is 10.1 Å². The summed E-state index contributed by atoms with van der Waals surface area (Å²) in [5, 5.41) is 21.8. The van der Waals surface area contributed by atoms with E-state index in [0.717, 1.165) is 29.8 Å². The van der Waals surface area contributed by atoms with Crippen LogP contribution in [0.2, 0.25) is 10.0 Å². The number of carbonyl (C=O) groups excluding carboxylic acids is 2. The number of ether oxygens (including phenoxy) is 1. The van der Waals surface area contributed by atoms with Gasteiger partial charge in [0.25, 0.3) is 5.91 Å². The molecule has 8 nitrogen and oxygen atoms in total. The van der Waals surface area contributed by atoms with Gasteiger partial charge in [-0.3, -0.25) is 14.5 Å². The summed E-state index contributed by atoms with van der Waals surface area (Å²) >= 11 is 16.2. The molecule has 2 aromatic heterocycles. The summed E-state index contributed by atoms with van der Waals surface area (Å²) in [6.45, 7) is 6.32. The number of rotatable bonds is 13. The first-order valence-electron chi connectivity index (χ1n) is 14.1. The molecule has 0 radical (unpaired) electrons. The van der Waals surface area contributed by atoms with Crippen LogP contribution in [0.25, 0.3) is 0 Å². The second-order valence-corrected chi connectivity index (χ2v) is 14.4. The van der Waals surface area contributed by atoms with Gasteiger partial charge in [0.1, 0.15) is 5.75 Å². The third-order valence-corrected chi connectivity index (χ3v) is 10.8. The summed E-state index contributed by atoms with van der Waals surface area (Å²) in [6, 6.07) is 11.6. The number of aryl methyl sites for hydroxylation is 2. The van der Waals surface area contributed by atoms with Crippen molar-refractivity contribution in [3.05, 3.63) is 90.5 Å². The SMILES string of the molecule is CCCCCCOc1ccc(C2C(C(=O)c3sc(C)nc3C)=C(O)C(=O)N2c2nnc(SCc3ccc(Cl)cc3Cl)s2)cc1.